The number of hydrogen-bond donors (Lipinski definition) is 2. The van der Waals surface area contributed by atoms with Crippen LogP contribution in [0.5, 0.6) is 11.5 Å². The molecule has 0 bridgehead atoms. The van der Waals surface area contributed by atoms with Crippen molar-refractivity contribution in [3.63, 3.8) is 0 Å². The van der Waals surface area contributed by atoms with Crippen LogP contribution in [0.4, 0.5) is 5.69 Å². The summed E-state index contributed by atoms with van der Waals surface area (Å²) in [6.07, 6.45) is 3.44. The highest BCUT2D eigenvalue weighted by atomic mass is 16.5. The van der Waals surface area contributed by atoms with Gasteiger partial charge in [-0.2, -0.15) is 0 Å². The second-order valence-corrected chi connectivity index (χ2v) is 6.85. The fraction of sp³-hybridized carbons (Fsp3) is 0.368. The van der Waals surface area contributed by atoms with Gasteiger partial charge in [-0.3, -0.25) is 9.78 Å². The molecule has 0 spiro atoms. The molecular weight excluding hydrogens is 318 g/mol. The summed E-state index contributed by atoms with van der Waals surface area (Å²) in [5.74, 6) is 0.881. The summed E-state index contributed by atoms with van der Waals surface area (Å²) in [7, 11) is 1.57. The van der Waals surface area contributed by atoms with Crippen molar-refractivity contribution in [3.8, 4) is 11.5 Å². The van der Waals surface area contributed by atoms with Crippen LogP contribution in [0, 0.1) is 5.41 Å². The fourth-order valence-electron chi connectivity index (χ4n) is 2.13. The summed E-state index contributed by atoms with van der Waals surface area (Å²) in [4.78, 5) is 16.3. The fourth-order valence-corrected chi connectivity index (χ4v) is 2.13. The topological polar surface area (TPSA) is 86.5 Å². The molecule has 1 aromatic heterocycles. The van der Waals surface area contributed by atoms with E-state index >= 15 is 0 Å². The van der Waals surface area contributed by atoms with Gasteiger partial charge in [-0.15, -0.1) is 0 Å². The minimum absolute atomic E-state index is 0.240. The van der Waals surface area contributed by atoms with Crippen LogP contribution in [-0.4, -0.2) is 24.0 Å². The van der Waals surface area contributed by atoms with Gasteiger partial charge >= 0.3 is 0 Å². The number of nitrogens with two attached hydrogens (primary N) is 1. The molecule has 6 heteroatoms. The van der Waals surface area contributed by atoms with Crippen LogP contribution >= 0.6 is 0 Å². The van der Waals surface area contributed by atoms with E-state index in [4.69, 9.17) is 15.2 Å². The third-order valence-electron chi connectivity index (χ3n) is 3.76. The Morgan fingerprint density at radius 3 is 2.64 bits per heavy atom. The van der Waals surface area contributed by atoms with Crippen molar-refractivity contribution in [1.29, 1.82) is 0 Å². The maximum absolute atomic E-state index is 12.3. The summed E-state index contributed by atoms with van der Waals surface area (Å²) in [5.41, 5.74) is 7.21. The number of carbonyl (C=O) groups excluding carboxylic acids is 1. The van der Waals surface area contributed by atoms with Crippen molar-refractivity contribution in [2.24, 2.45) is 11.1 Å². The first-order chi connectivity index (χ1) is 11.8. The highest BCUT2D eigenvalue weighted by Crippen LogP contribution is 2.31. The lowest BCUT2D eigenvalue weighted by Gasteiger charge is -2.26. The largest absolute Gasteiger partial charge is 0.493 e. The second-order valence-electron chi connectivity index (χ2n) is 6.85. The second kappa shape index (κ2) is 7.98. The summed E-state index contributed by atoms with van der Waals surface area (Å²) < 4.78 is 11.1. The zero-order chi connectivity index (χ0) is 18.4. The van der Waals surface area contributed by atoms with Gasteiger partial charge < -0.3 is 20.5 Å². The maximum atomic E-state index is 12.3. The average molecular weight is 343 g/mol. The molecule has 25 heavy (non-hydrogen) atoms. The molecule has 1 atom stereocenters. The Kier molecular flexibility index (Phi) is 5.98. The molecule has 0 aliphatic carbocycles. The molecular formula is C19H25N3O3. The smallest absolute Gasteiger partial charge is 0.241 e. The molecule has 0 aliphatic heterocycles. The Balaban J connectivity index is 2.12. The number of ether oxygens (including phenoxy) is 2. The number of rotatable bonds is 6. The van der Waals surface area contributed by atoms with Crippen LogP contribution in [0.25, 0.3) is 0 Å². The van der Waals surface area contributed by atoms with E-state index < -0.39 is 6.04 Å². The van der Waals surface area contributed by atoms with Gasteiger partial charge in [0.25, 0.3) is 0 Å². The lowest BCUT2D eigenvalue weighted by molar-refractivity contribution is -0.119. The molecule has 2 aromatic rings. The van der Waals surface area contributed by atoms with E-state index in [2.05, 4.69) is 10.3 Å². The number of hydrogen-bond acceptors (Lipinski definition) is 5. The third-order valence-corrected chi connectivity index (χ3v) is 3.76. The van der Waals surface area contributed by atoms with Gasteiger partial charge in [0.2, 0.25) is 5.91 Å². The average Bonchev–Trinajstić information content (AvgIpc) is 2.59. The summed E-state index contributed by atoms with van der Waals surface area (Å²) in [6.45, 7) is 6.12. The SMILES string of the molecule is COc1ccc(NC(=O)[C@@H](N)C(C)(C)C)cc1OCc1cccnc1. The molecule has 1 aromatic carbocycles. The number of methoxy groups -OCH3 is 1. The quantitative estimate of drug-likeness (QED) is 0.842. The van der Waals surface area contributed by atoms with Crippen molar-refractivity contribution >= 4 is 11.6 Å². The van der Waals surface area contributed by atoms with E-state index in [0.29, 0.717) is 23.8 Å². The monoisotopic (exact) mass is 343 g/mol. The van der Waals surface area contributed by atoms with Crippen LogP contribution < -0.4 is 20.5 Å². The van der Waals surface area contributed by atoms with E-state index in [1.807, 2.05) is 32.9 Å². The summed E-state index contributed by atoms with van der Waals surface area (Å²) >= 11 is 0. The first-order valence-electron chi connectivity index (χ1n) is 8.07. The van der Waals surface area contributed by atoms with Crippen molar-refractivity contribution in [2.75, 3.05) is 12.4 Å². The van der Waals surface area contributed by atoms with Gasteiger partial charge in [0.1, 0.15) is 6.61 Å². The van der Waals surface area contributed by atoms with Crippen LogP contribution in [0.3, 0.4) is 0 Å². The van der Waals surface area contributed by atoms with E-state index in [0.717, 1.165) is 5.56 Å². The molecule has 1 amide bonds. The normalized spacial score (nSPS) is 12.4. The van der Waals surface area contributed by atoms with Crippen molar-refractivity contribution in [3.05, 3.63) is 48.3 Å². The zero-order valence-electron chi connectivity index (χ0n) is 15.1. The Morgan fingerprint density at radius 2 is 2.04 bits per heavy atom. The molecule has 0 unspecified atom stereocenters. The zero-order valence-corrected chi connectivity index (χ0v) is 15.1. The van der Waals surface area contributed by atoms with Crippen molar-refractivity contribution in [2.45, 2.75) is 33.4 Å². The lowest BCUT2D eigenvalue weighted by atomic mass is 9.87. The van der Waals surface area contributed by atoms with Crippen LogP contribution in [0.15, 0.2) is 42.7 Å². The number of nitrogens with zero attached hydrogens (tertiary/aromatic N) is 1. The first-order valence-corrected chi connectivity index (χ1v) is 8.07. The maximum Gasteiger partial charge on any atom is 0.241 e. The number of nitrogens with one attached hydrogen (secondary N) is 1. The molecule has 2 rings (SSSR count). The van der Waals surface area contributed by atoms with E-state index in [1.54, 1.807) is 37.7 Å². The number of benzene rings is 1. The minimum Gasteiger partial charge on any atom is -0.493 e. The van der Waals surface area contributed by atoms with Gasteiger partial charge in [0.05, 0.1) is 13.2 Å². The Bertz CT molecular complexity index is 712. The van der Waals surface area contributed by atoms with Gasteiger partial charge in [0, 0.05) is 29.7 Å². The number of amides is 1. The Morgan fingerprint density at radius 1 is 1.28 bits per heavy atom. The van der Waals surface area contributed by atoms with Crippen molar-refractivity contribution < 1.29 is 14.3 Å². The predicted octanol–water partition coefficient (Wildman–Crippen LogP) is 2.98. The molecule has 0 saturated carbocycles. The van der Waals surface area contributed by atoms with Gasteiger partial charge in [-0.1, -0.05) is 26.8 Å². The number of carbonyl (C=O) groups is 1. The van der Waals surface area contributed by atoms with E-state index in [9.17, 15) is 4.79 Å². The molecule has 0 saturated heterocycles. The van der Waals surface area contributed by atoms with Crippen LogP contribution in [-0.2, 0) is 11.4 Å². The lowest BCUT2D eigenvalue weighted by Crippen LogP contribution is -2.45. The highest BCUT2D eigenvalue weighted by molar-refractivity contribution is 5.95. The highest BCUT2D eigenvalue weighted by Gasteiger charge is 2.27. The molecule has 0 fully saturated rings. The molecule has 6 nitrogen and oxygen atoms in total. The Labute approximate surface area is 148 Å². The predicted molar refractivity (Wildman–Crippen MR) is 97.6 cm³/mol. The number of pyridine rings is 1. The minimum atomic E-state index is -0.616. The molecule has 134 valence electrons. The van der Waals surface area contributed by atoms with Crippen molar-refractivity contribution in [1.82, 2.24) is 4.98 Å². The van der Waals surface area contributed by atoms with E-state index in [-0.39, 0.29) is 11.3 Å². The van der Waals surface area contributed by atoms with Crippen LogP contribution in [0.2, 0.25) is 0 Å². The molecule has 0 radical (unpaired) electrons. The number of anilines is 1. The van der Waals surface area contributed by atoms with Gasteiger partial charge in [-0.05, 0) is 23.6 Å². The first kappa shape index (κ1) is 18.7. The molecule has 1 heterocycles. The van der Waals surface area contributed by atoms with Crippen LogP contribution in [0.1, 0.15) is 26.3 Å². The van der Waals surface area contributed by atoms with Gasteiger partial charge in [-0.25, -0.2) is 0 Å². The Hall–Kier alpha value is -2.60. The molecule has 0 aliphatic rings. The third kappa shape index (κ3) is 5.19. The van der Waals surface area contributed by atoms with E-state index in [1.165, 1.54) is 0 Å². The van der Waals surface area contributed by atoms with Gasteiger partial charge in [0.15, 0.2) is 11.5 Å². The number of aromatic nitrogens is 1. The summed E-state index contributed by atoms with van der Waals surface area (Å²) in [5, 5.41) is 2.83. The molecule has 3 N–H and O–H groups in total. The summed E-state index contributed by atoms with van der Waals surface area (Å²) in [6, 6.07) is 8.38. The standard InChI is InChI=1S/C19H25N3O3/c1-19(2,3)17(20)18(23)22-14-7-8-15(24-4)16(10-14)25-12-13-6-5-9-21-11-13/h5-11,17H,12,20H2,1-4H3,(H,22,23)/t17-/m1/s1.